The lowest BCUT2D eigenvalue weighted by Crippen LogP contribution is -2.52. The zero-order valence-electron chi connectivity index (χ0n) is 16.8. The maximum absolute atomic E-state index is 12.8. The Morgan fingerprint density at radius 1 is 1.19 bits per heavy atom. The zero-order valence-corrected chi connectivity index (χ0v) is 16.8. The summed E-state index contributed by atoms with van der Waals surface area (Å²) in [4.78, 5) is 61.9. The molecule has 1 aliphatic carbocycles. The topological polar surface area (TPSA) is 151 Å². The third-order valence-electron chi connectivity index (χ3n) is 5.89. The van der Waals surface area contributed by atoms with Crippen molar-refractivity contribution in [3.8, 4) is 0 Å². The zero-order chi connectivity index (χ0) is 22.3. The molecule has 162 valence electrons. The molecule has 1 saturated heterocycles. The summed E-state index contributed by atoms with van der Waals surface area (Å²) in [5, 5.41) is 16.7. The SMILES string of the molecule is CC1CCC2(CC1)NC(=O)N(NC(=O)Cn1nc(C(=O)O)c3ccccc3c1=O)C2=O. The first kappa shape index (κ1) is 20.5. The van der Waals surface area contributed by atoms with Crippen LogP contribution in [-0.4, -0.2) is 49.2 Å². The van der Waals surface area contributed by atoms with Crippen molar-refractivity contribution < 1.29 is 24.3 Å². The summed E-state index contributed by atoms with van der Waals surface area (Å²) >= 11 is 0. The first-order valence-electron chi connectivity index (χ1n) is 9.91. The molecule has 11 nitrogen and oxygen atoms in total. The van der Waals surface area contributed by atoms with Crippen molar-refractivity contribution in [2.45, 2.75) is 44.7 Å². The molecule has 1 spiro atoms. The first-order valence-corrected chi connectivity index (χ1v) is 9.91. The van der Waals surface area contributed by atoms with E-state index in [9.17, 15) is 29.1 Å². The molecule has 0 bridgehead atoms. The molecule has 1 aromatic heterocycles. The van der Waals surface area contributed by atoms with Crippen molar-refractivity contribution in [2.75, 3.05) is 0 Å². The maximum atomic E-state index is 12.8. The van der Waals surface area contributed by atoms with E-state index in [1.807, 2.05) is 0 Å². The number of nitrogens with one attached hydrogen (secondary N) is 2. The summed E-state index contributed by atoms with van der Waals surface area (Å²) in [6.07, 6.45) is 2.53. The van der Waals surface area contributed by atoms with E-state index in [1.165, 1.54) is 12.1 Å². The van der Waals surface area contributed by atoms with Crippen LogP contribution in [0.1, 0.15) is 43.1 Å². The van der Waals surface area contributed by atoms with E-state index in [4.69, 9.17) is 0 Å². The third-order valence-corrected chi connectivity index (χ3v) is 5.89. The van der Waals surface area contributed by atoms with Crippen molar-refractivity contribution in [2.24, 2.45) is 5.92 Å². The highest BCUT2D eigenvalue weighted by Crippen LogP contribution is 2.35. The smallest absolute Gasteiger partial charge is 0.357 e. The fraction of sp³-hybridized carbons (Fsp3) is 0.400. The Morgan fingerprint density at radius 3 is 2.48 bits per heavy atom. The Labute approximate surface area is 176 Å². The number of benzene rings is 1. The van der Waals surface area contributed by atoms with Gasteiger partial charge in [-0.1, -0.05) is 25.1 Å². The van der Waals surface area contributed by atoms with Crippen LogP contribution in [0.5, 0.6) is 0 Å². The quantitative estimate of drug-likeness (QED) is 0.605. The van der Waals surface area contributed by atoms with Gasteiger partial charge in [-0.3, -0.25) is 19.8 Å². The minimum atomic E-state index is -1.35. The molecule has 1 aromatic carbocycles. The number of carboxylic acid groups (broad SMARTS) is 1. The van der Waals surface area contributed by atoms with Crippen LogP contribution < -0.4 is 16.3 Å². The van der Waals surface area contributed by atoms with Crippen LogP contribution in [-0.2, 0) is 16.1 Å². The van der Waals surface area contributed by atoms with Crippen LogP contribution in [0.2, 0.25) is 0 Å². The third kappa shape index (κ3) is 3.51. The van der Waals surface area contributed by atoms with Gasteiger partial charge in [-0.25, -0.2) is 14.3 Å². The molecule has 0 atom stereocenters. The number of carbonyl (C=O) groups is 4. The van der Waals surface area contributed by atoms with E-state index in [-0.39, 0.29) is 16.5 Å². The lowest BCUT2D eigenvalue weighted by atomic mass is 9.77. The van der Waals surface area contributed by atoms with Crippen LogP contribution in [0.15, 0.2) is 29.1 Å². The van der Waals surface area contributed by atoms with Gasteiger partial charge in [0.25, 0.3) is 17.4 Å². The Balaban J connectivity index is 1.56. The van der Waals surface area contributed by atoms with Gasteiger partial charge >= 0.3 is 12.0 Å². The highest BCUT2D eigenvalue weighted by atomic mass is 16.4. The lowest BCUT2D eigenvalue weighted by molar-refractivity contribution is -0.140. The van der Waals surface area contributed by atoms with Crippen molar-refractivity contribution in [1.29, 1.82) is 0 Å². The van der Waals surface area contributed by atoms with Gasteiger partial charge in [-0.2, -0.15) is 10.1 Å². The monoisotopic (exact) mass is 427 g/mol. The second kappa shape index (κ2) is 7.49. The Bertz CT molecular complexity index is 1160. The number of urea groups is 1. The number of carboxylic acids is 1. The van der Waals surface area contributed by atoms with E-state index in [2.05, 4.69) is 22.8 Å². The van der Waals surface area contributed by atoms with Crippen LogP contribution in [0.4, 0.5) is 4.79 Å². The van der Waals surface area contributed by atoms with Crippen molar-refractivity contribution in [3.05, 3.63) is 40.3 Å². The summed E-state index contributed by atoms with van der Waals surface area (Å²) < 4.78 is 0.706. The molecule has 2 aliphatic rings. The number of aromatic nitrogens is 2. The number of hydrogen-bond acceptors (Lipinski definition) is 6. The highest BCUT2D eigenvalue weighted by molar-refractivity contribution is 6.08. The van der Waals surface area contributed by atoms with Gasteiger partial charge in [0.1, 0.15) is 12.1 Å². The molecule has 4 rings (SSSR count). The molecular formula is C20H21N5O6. The largest absolute Gasteiger partial charge is 0.476 e. The lowest BCUT2D eigenvalue weighted by Gasteiger charge is -2.33. The number of fused-ring (bicyclic) bond motifs is 1. The second-order valence-electron chi connectivity index (χ2n) is 8.03. The molecule has 3 N–H and O–H groups in total. The predicted molar refractivity (Wildman–Crippen MR) is 107 cm³/mol. The number of aromatic carboxylic acids is 1. The molecule has 1 saturated carbocycles. The van der Waals surface area contributed by atoms with Gasteiger partial charge < -0.3 is 10.4 Å². The van der Waals surface area contributed by atoms with Gasteiger partial charge in [0, 0.05) is 5.39 Å². The van der Waals surface area contributed by atoms with Crippen molar-refractivity contribution >= 4 is 34.6 Å². The van der Waals surface area contributed by atoms with Gasteiger partial charge in [-0.05, 0) is 37.7 Å². The minimum absolute atomic E-state index is 0.0907. The molecule has 2 fully saturated rings. The molecule has 4 amide bonds. The average molecular weight is 427 g/mol. The standard InChI is InChI=1S/C20H21N5O6/c1-11-6-8-20(9-7-11)18(30)25(19(31)21-20)22-14(26)10-24-16(27)13-5-3-2-4-12(13)15(23-24)17(28)29/h2-5,11H,6-10H2,1H3,(H,21,31)(H,22,26)(H,28,29). The van der Waals surface area contributed by atoms with Crippen LogP contribution in [0, 0.1) is 5.92 Å². The Kier molecular flexibility index (Phi) is 4.96. The number of hydrogen-bond donors (Lipinski definition) is 3. The number of carbonyl (C=O) groups excluding carboxylic acids is 3. The van der Waals surface area contributed by atoms with Crippen molar-refractivity contribution in [3.63, 3.8) is 0 Å². The molecular weight excluding hydrogens is 406 g/mol. The summed E-state index contributed by atoms with van der Waals surface area (Å²) in [5.74, 6) is -2.30. The Hall–Kier alpha value is -3.76. The molecule has 0 unspecified atom stereocenters. The summed E-state index contributed by atoms with van der Waals surface area (Å²) in [6.45, 7) is 1.42. The number of nitrogens with zero attached hydrogens (tertiary/aromatic N) is 3. The van der Waals surface area contributed by atoms with Gasteiger partial charge in [0.15, 0.2) is 5.69 Å². The van der Waals surface area contributed by atoms with E-state index in [0.717, 1.165) is 12.8 Å². The second-order valence-corrected chi connectivity index (χ2v) is 8.03. The molecule has 0 radical (unpaired) electrons. The molecule has 2 aromatic rings. The molecule has 31 heavy (non-hydrogen) atoms. The summed E-state index contributed by atoms with van der Waals surface area (Å²) in [6, 6.07) is 5.29. The van der Waals surface area contributed by atoms with Crippen LogP contribution in [0.25, 0.3) is 10.8 Å². The average Bonchev–Trinajstić information content (AvgIpc) is 2.96. The number of rotatable bonds is 4. The van der Waals surface area contributed by atoms with Crippen LogP contribution in [0.3, 0.4) is 0 Å². The number of hydrazine groups is 1. The number of amides is 4. The minimum Gasteiger partial charge on any atom is -0.476 e. The van der Waals surface area contributed by atoms with E-state index < -0.39 is 41.5 Å². The van der Waals surface area contributed by atoms with Crippen molar-refractivity contribution in [1.82, 2.24) is 25.5 Å². The van der Waals surface area contributed by atoms with E-state index in [0.29, 0.717) is 28.5 Å². The van der Waals surface area contributed by atoms with E-state index >= 15 is 0 Å². The van der Waals surface area contributed by atoms with Gasteiger partial charge in [-0.15, -0.1) is 0 Å². The highest BCUT2D eigenvalue weighted by Gasteiger charge is 2.52. The predicted octanol–water partition coefficient (Wildman–Crippen LogP) is 0.627. The molecule has 1 aliphatic heterocycles. The number of imide groups is 1. The van der Waals surface area contributed by atoms with Gasteiger partial charge in [0.2, 0.25) is 0 Å². The molecule has 11 heteroatoms. The fourth-order valence-corrected chi connectivity index (χ4v) is 4.11. The normalized spacial score (nSPS) is 23.3. The Morgan fingerprint density at radius 2 is 1.84 bits per heavy atom. The molecule has 2 heterocycles. The van der Waals surface area contributed by atoms with E-state index in [1.54, 1.807) is 12.1 Å². The summed E-state index contributed by atoms with van der Waals surface area (Å²) in [5.41, 5.74) is 0.154. The summed E-state index contributed by atoms with van der Waals surface area (Å²) in [7, 11) is 0. The maximum Gasteiger partial charge on any atom is 0.357 e. The van der Waals surface area contributed by atoms with Gasteiger partial charge in [0.05, 0.1) is 5.39 Å². The fourth-order valence-electron chi connectivity index (χ4n) is 4.11. The van der Waals surface area contributed by atoms with Crippen LogP contribution >= 0.6 is 0 Å². The first-order chi connectivity index (χ1) is 14.7.